The Morgan fingerprint density at radius 2 is 1.31 bits per heavy atom. The Hall–Kier alpha value is -0.820. The molecule has 0 aromatic rings. The lowest BCUT2D eigenvalue weighted by atomic mass is 9.95. The predicted molar refractivity (Wildman–Crippen MR) is 59.3 cm³/mol. The van der Waals surface area contributed by atoms with Gasteiger partial charge in [0.25, 0.3) is 0 Å². The summed E-state index contributed by atoms with van der Waals surface area (Å²) in [5.74, 6) is 11.5. The van der Waals surface area contributed by atoms with Crippen LogP contribution in [0, 0.1) is 29.1 Å². The maximum atomic E-state index is 5.31. The van der Waals surface area contributed by atoms with Crippen molar-refractivity contribution in [3.05, 3.63) is 23.2 Å². The standard InChI is InChI=1S/C11H10Cl2/c1-11(2,7-3-5-9-12)8-4-6-10-13/h5-6,9-10H,1-2H3/b9-5+,10-6+. The van der Waals surface area contributed by atoms with Gasteiger partial charge in [-0.05, 0) is 26.0 Å². The van der Waals surface area contributed by atoms with Crippen molar-refractivity contribution in [3.63, 3.8) is 0 Å². The number of rotatable bonds is 0. The van der Waals surface area contributed by atoms with Crippen molar-refractivity contribution in [3.8, 4) is 23.7 Å². The molecule has 0 radical (unpaired) electrons. The van der Waals surface area contributed by atoms with E-state index in [1.54, 1.807) is 12.2 Å². The van der Waals surface area contributed by atoms with E-state index >= 15 is 0 Å². The lowest BCUT2D eigenvalue weighted by Gasteiger charge is -2.05. The van der Waals surface area contributed by atoms with Crippen LogP contribution >= 0.6 is 23.2 Å². The third-order valence-corrected chi connectivity index (χ3v) is 1.31. The van der Waals surface area contributed by atoms with Gasteiger partial charge in [-0.25, -0.2) is 0 Å². The molecule has 0 spiro atoms. The van der Waals surface area contributed by atoms with E-state index in [0.717, 1.165) is 0 Å². The summed E-state index contributed by atoms with van der Waals surface area (Å²) < 4.78 is 0. The van der Waals surface area contributed by atoms with Gasteiger partial charge in [-0.3, -0.25) is 0 Å². The predicted octanol–water partition coefficient (Wildman–Crippen LogP) is 3.52. The second-order valence-corrected chi connectivity index (χ2v) is 3.25. The zero-order valence-corrected chi connectivity index (χ0v) is 9.08. The van der Waals surface area contributed by atoms with Crippen LogP contribution in [-0.4, -0.2) is 0 Å². The first-order valence-electron chi connectivity index (χ1n) is 3.68. The summed E-state index contributed by atoms with van der Waals surface area (Å²) in [5, 5.41) is 0. The van der Waals surface area contributed by atoms with Crippen LogP contribution in [0.25, 0.3) is 0 Å². The molecule has 0 aliphatic heterocycles. The van der Waals surface area contributed by atoms with Crippen molar-refractivity contribution in [2.45, 2.75) is 13.8 Å². The minimum atomic E-state index is -0.340. The molecule has 0 saturated carbocycles. The van der Waals surface area contributed by atoms with Crippen LogP contribution in [0.5, 0.6) is 0 Å². The molecule has 0 aliphatic carbocycles. The fourth-order valence-corrected chi connectivity index (χ4v) is 0.664. The van der Waals surface area contributed by atoms with Crippen molar-refractivity contribution in [2.75, 3.05) is 0 Å². The van der Waals surface area contributed by atoms with Crippen molar-refractivity contribution in [2.24, 2.45) is 5.41 Å². The molecule has 0 amide bonds. The molecule has 2 heteroatoms. The molecule has 0 aliphatic rings. The fraction of sp³-hybridized carbons (Fsp3) is 0.273. The van der Waals surface area contributed by atoms with E-state index in [1.807, 2.05) is 13.8 Å². The molecule has 0 rings (SSSR count). The van der Waals surface area contributed by atoms with Crippen molar-refractivity contribution >= 4 is 23.2 Å². The molecule has 0 nitrogen and oxygen atoms in total. The molecule has 0 saturated heterocycles. The molecule has 68 valence electrons. The van der Waals surface area contributed by atoms with E-state index in [0.29, 0.717) is 0 Å². The summed E-state index contributed by atoms with van der Waals surface area (Å²) in [6.07, 6.45) is 3.14. The molecular weight excluding hydrogens is 203 g/mol. The Morgan fingerprint density at radius 1 is 0.923 bits per heavy atom. The molecule has 0 N–H and O–H groups in total. The fourth-order valence-electron chi connectivity index (χ4n) is 0.538. The summed E-state index contributed by atoms with van der Waals surface area (Å²) in [4.78, 5) is 0. The monoisotopic (exact) mass is 212 g/mol. The topological polar surface area (TPSA) is 0 Å². The van der Waals surface area contributed by atoms with Gasteiger partial charge in [0, 0.05) is 11.1 Å². The van der Waals surface area contributed by atoms with E-state index in [4.69, 9.17) is 23.2 Å². The van der Waals surface area contributed by atoms with Gasteiger partial charge in [0.05, 0.1) is 5.41 Å². The minimum Gasteiger partial charge on any atom is -0.0923 e. The average molecular weight is 213 g/mol. The smallest absolute Gasteiger partial charge is 0.0869 e. The van der Waals surface area contributed by atoms with Crippen LogP contribution in [0.4, 0.5) is 0 Å². The van der Waals surface area contributed by atoms with Gasteiger partial charge in [-0.15, -0.1) is 0 Å². The molecule has 0 heterocycles. The zero-order chi connectivity index (χ0) is 10.2. The molecule has 0 unspecified atom stereocenters. The molecule has 0 aromatic heterocycles. The van der Waals surface area contributed by atoms with Crippen LogP contribution < -0.4 is 0 Å². The lowest BCUT2D eigenvalue weighted by Crippen LogP contribution is -2.03. The Bertz CT molecular complexity index is 281. The highest BCUT2D eigenvalue weighted by Gasteiger charge is 2.07. The van der Waals surface area contributed by atoms with Crippen LogP contribution in [0.3, 0.4) is 0 Å². The van der Waals surface area contributed by atoms with Gasteiger partial charge in [0.1, 0.15) is 0 Å². The van der Waals surface area contributed by atoms with Gasteiger partial charge in [0.2, 0.25) is 0 Å². The van der Waals surface area contributed by atoms with Gasteiger partial charge in [-0.2, -0.15) is 0 Å². The van der Waals surface area contributed by atoms with Crippen molar-refractivity contribution < 1.29 is 0 Å². The Labute approximate surface area is 89.6 Å². The van der Waals surface area contributed by atoms with Gasteiger partial charge >= 0.3 is 0 Å². The van der Waals surface area contributed by atoms with E-state index in [1.165, 1.54) is 11.1 Å². The van der Waals surface area contributed by atoms with E-state index in [-0.39, 0.29) is 5.41 Å². The van der Waals surface area contributed by atoms with Crippen LogP contribution in [0.1, 0.15) is 13.8 Å². The Kier molecular flexibility index (Phi) is 6.25. The lowest BCUT2D eigenvalue weighted by molar-refractivity contribution is 0.686. The zero-order valence-electron chi connectivity index (χ0n) is 7.57. The minimum absolute atomic E-state index is 0.340. The number of halogens is 2. The molecule has 0 bridgehead atoms. The molecule has 0 fully saturated rings. The molecule has 13 heavy (non-hydrogen) atoms. The first kappa shape index (κ1) is 12.2. The molecular formula is C11H10Cl2. The third-order valence-electron chi connectivity index (χ3n) is 1.06. The summed E-state index contributed by atoms with van der Waals surface area (Å²) >= 11 is 10.6. The first-order valence-corrected chi connectivity index (χ1v) is 4.55. The van der Waals surface area contributed by atoms with Crippen LogP contribution in [0.2, 0.25) is 0 Å². The van der Waals surface area contributed by atoms with Crippen molar-refractivity contribution in [1.82, 2.24) is 0 Å². The Morgan fingerprint density at radius 3 is 1.62 bits per heavy atom. The Balaban J connectivity index is 4.45. The SMILES string of the molecule is CC(C)(C#C/C=C/Cl)C#C/C=C/Cl. The maximum absolute atomic E-state index is 5.31. The van der Waals surface area contributed by atoms with E-state index in [9.17, 15) is 0 Å². The first-order chi connectivity index (χ1) is 6.12. The van der Waals surface area contributed by atoms with Gasteiger partial charge < -0.3 is 0 Å². The number of hydrogen-bond donors (Lipinski definition) is 0. The maximum Gasteiger partial charge on any atom is 0.0869 e. The molecule has 0 aromatic carbocycles. The summed E-state index contributed by atoms with van der Waals surface area (Å²) in [5.41, 5.74) is 2.40. The van der Waals surface area contributed by atoms with E-state index in [2.05, 4.69) is 23.7 Å². The number of allylic oxidation sites excluding steroid dienone is 2. The summed E-state index contributed by atoms with van der Waals surface area (Å²) in [6, 6.07) is 0. The highest BCUT2D eigenvalue weighted by atomic mass is 35.5. The third kappa shape index (κ3) is 7.54. The molecule has 0 atom stereocenters. The highest BCUT2D eigenvalue weighted by Crippen LogP contribution is 2.10. The average Bonchev–Trinajstić information content (AvgIpc) is 2.05. The number of hydrogen-bond acceptors (Lipinski definition) is 0. The van der Waals surface area contributed by atoms with Crippen LogP contribution in [0.15, 0.2) is 23.2 Å². The normalized spacial score (nSPS) is 10.8. The van der Waals surface area contributed by atoms with Gasteiger partial charge in [-0.1, -0.05) is 46.9 Å². The van der Waals surface area contributed by atoms with Gasteiger partial charge in [0.15, 0.2) is 0 Å². The van der Waals surface area contributed by atoms with E-state index < -0.39 is 0 Å². The highest BCUT2D eigenvalue weighted by molar-refractivity contribution is 6.25. The van der Waals surface area contributed by atoms with Crippen LogP contribution in [-0.2, 0) is 0 Å². The quantitative estimate of drug-likeness (QED) is 0.540. The summed E-state index contributed by atoms with van der Waals surface area (Å²) in [7, 11) is 0. The second kappa shape index (κ2) is 6.67. The summed E-state index contributed by atoms with van der Waals surface area (Å²) in [6.45, 7) is 3.86. The second-order valence-electron chi connectivity index (χ2n) is 2.75. The largest absolute Gasteiger partial charge is 0.0923 e. The van der Waals surface area contributed by atoms with Crippen molar-refractivity contribution in [1.29, 1.82) is 0 Å².